The number of benzene rings is 2. The van der Waals surface area contributed by atoms with E-state index >= 15 is 4.39 Å². The molecule has 4 N–H and O–H groups in total. The van der Waals surface area contributed by atoms with Gasteiger partial charge in [0.25, 0.3) is 0 Å². The van der Waals surface area contributed by atoms with Crippen LogP contribution in [0.15, 0.2) is 54.9 Å². The molecule has 1 fully saturated rings. The van der Waals surface area contributed by atoms with Crippen molar-refractivity contribution in [2.45, 2.75) is 19.9 Å². The molecular formula is C26H28FN7O3S. The summed E-state index contributed by atoms with van der Waals surface area (Å²) in [5.74, 6) is -0.211. The second-order valence-corrected chi connectivity index (χ2v) is 11.5. The Morgan fingerprint density at radius 3 is 2.58 bits per heavy atom. The van der Waals surface area contributed by atoms with E-state index in [0.717, 1.165) is 22.6 Å². The maximum Gasteiger partial charge on any atom is 0.323 e. The van der Waals surface area contributed by atoms with Crippen molar-refractivity contribution in [2.24, 2.45) is 5.73 Å². The molecule has 2 aromatic carbocycles. The Balaban J connectivity index is 1.53. The first-order valence-electron chi connectivity index (χ1n) is 12.2. The Morgan fingerprint density at radius 2 is 1.89 bits per heavy atom. The second kappa shape index (κ2) is 10.0. The van der Waals surface area contributed by atoms with Crippen LogP contribution in [0.5, 0.6) is 0 Å². The van der Waals surface area contributed by atoms with E-state index in [1.807, 2.05) is 24.0 Å². The number of nitrogens with two attached hydrogens (primary N) is 2. The zero-order chi connectivity index (χ0) is 27.0. The number of nitrogens with zero attached hydrogens (tertiary/aromatic N) is 5. The number of aryl methyl sites for hydroxylation is 1. The average molecular weight is 538 g/mol. The predicted octanol–water partition coefficient (Wildman–Crippen LogP) is 3.13. The van der Waals surface area contributed by atoms with Crippen LogP contribution in [-0.2, 0) is 22.8 Å². The fourth-order valence-electron chi connectivity index (χ4n) is 4.76. The summed E-state index contributed by atoms with van der Waals surface area (Å²) < 4.78 is 40.9. The summed E-state index contributed by atoms with van der Waals surface area (Å²) in [6.07, 6.45) is 2.10. The topological polar surface area (TPSA) is 140 Å². The maximum absolute atomic E-state index is 15.6. The zero-order valence-corrected chi connectivity index (χ0v) is 21.7. The molecule has 3 heterocycles. The van der Waals surface area contributed by atoms with Crippen LogP contribution in [-0.4, -0.2) is 58.5 Å². The number of hydrogen-bond acceptors (Lipinski definition) is 7. The van der Waals surface area contributed by atoms with Gasteiger partial charge in [0, 0.05) is 25.2 Å². The minimum Gasteiger partial charge on any atom is -0.382 e. The molecule has 0 bridgehead atoms. The van der Waals surface area contributed by atoms with E-state index in [9.17, 15) is 13.2 Å². The van der Waals surface area contributed by atoms with Crippen LogP contribution in [0.25, 0.3) is 16.6 Å². The number of fused-ring (bicyclic) bond motifs is 1. The smallest absolute Gasteiger partial charge is 0.323 e. The lowest BCUT2D eigenvalue weighted by Crippen LogP contribution is -2.39. The van der Waals surface area contributed by atoms with E-state index in [2.05, 4.69) is 10.1 Å². The minimum absolute atomic E-state index is 0.0250. The first-order valence-corrected chi connectivity index (χ1v) is 14.0. The van der Waals surface area contributed by atoms with Crippen molar-refractivity contribution >= 4 is 38.6 Å². The second-order valence-electron chi connectivity index (χ2n) is 9.25. The van der Waals surface area contributed by atoms with Gasteiger partial charge in [0.1, 0.15) is 17.7 Å². The summed E-state index contributed by atoms with van der Waals surface area (Å²) in [6, 6.07) is 12.8. The van der Waals surface area contributed by atoms with Crippen molar-refractivity contribution < 1.29 is 17.6 Å². The Kier molecular flexibility index (Phi) is 6.76. The van der Waals surface area contributed by atoms with Crippen molar-refractivity contribution in [2.75, 3.05) is 35.2 Å². The molecule has 4 aromatic rings. The van der Waals surface area contributed by atoms with Crippen LogP contribution >= 0.6 is 0 Å². The van der Waals surface area contributed by atoms with Crippen LogP contribution in [0.1, 0.15) is 18.2 Å². The molecule has 0 saturated carbocycles. The van der Waals surface area contributed by atoms with E-state index in [1.54, 1.807) is 28.8 Å². The summed E-state index contributed by atoms with van der Waals surface area (Å²) in [6.45, 7) is 3.26. The lowest BCUT2D eigenvalue weighted by Gasteiger charge is -2.26. The lowest BCUT2D eigenvalue weighted by molar-refractivity contribution is 0.256. The number of carbonyl (C=O) groups is 1. The molecular weight excluding hydrogens is 509 g/mol. The lowest BCUT2D eigenvalue weighted by atomic mass is 10.0. The molecule has 0 atom stereocenters. The zero-order valence-electron chi connectivity index (χ0n) is 20.8. The molecule has 2 aromatic heterocycles. The van der Waals surface area contributed by atoms with Gasteiger partial charge in [-0.25, -0.2) is 27.1 Å². The number of nitrogen functional groups attached to an aromatic ring is 1. The number of carbonyl (C=O) groups excluding carboxylic acids is 1. The van der Waals surface area contributed by atoms with Crippen molar-refractivity contribution in [3.8, 4) is 11.1 Å². The molecule has 0 spiro atoms. The van der Waals surface area contributed by atoms with Gasteiger partial charge in [-0.1, -0.05) is 25.1 Å². The highest BCUT2D eigenvalue weighted by Crippen LogP contribution is 2.35. The van der Waals surface area contributed by atoms with Crippen LogP contribution < -0.4 is 16.4 Å². The number of rotatable bonds is 6. The number of halogens is 1. The van der Waals surface area contributed by atoms with E-state index in [1.165, 1.54) is 18.5 Å². The highest BCUT2D eigenvalue weighted by Gasteiger charge is 2.25. The molecule has 38 heavy (non-hydrogen) atoms. The fraction of sp³-hybridized carbons (Fsp3) is 0.269. The fourth-order valence-corrected chi connectivity index (χ4v) is 6.04. The van der Waals surface area contributed by atoms with Crippen LogP contribution in [0.3, 0.4) is 0 Å². The van der Waals surface area contributed by atoms with Crippen LogP contribution in [0.2, 0.25) is 0 Å². The van der Waals surface area contributed by atoms with Gasteiger partial charge in [-0.3, -0.25) is 9.80 Å². The van der Waals surface area contributed by atoms with Gasteiger partial charge in [-0.05, 0) is 47.9 Å². The number of primary amides is 1. The Hall–Kier alpha value is -4.03. The largest absolute Gasteiger partial charge is 0.382 e. The first-order chi connectivity index (χ1) is 18.2. The number of aromatic nitrogens is 3. The molecule has 1 saturated heterocycles. The van der Waals surface area contributed by atoms with E-state index < -0.39 is 21.7 Å². The van der Waals surface area contributed by atoms with Crippen LogP contribution in [0.4, 0.5) is 26.4 Å². The maximum atomic E-state index is 15.6. The van der Waals surface area contributed by atoms with Crippen molar-refractivity contribution in [1.82, 2.24) is 19.5 Å². The Bertz CT molecular complexity index is 1620. The predicted molar refractivity (Wildman–Crippen MR) is 144 cm³/mol. The first kappa shape index (κ1) is 25.6. The Morgan fingerprint density at radius 1 is 1.13 bits per heavy atom. The monoisotopic (exact) mass is 537 g/mol. The standard InChI is InChI=1S/C26H28FN7O3S/c1-2-17-4-3-5-19(12-17)33(26(29)35)23-7-6-18(13-22(23)27)21-14-20(34-24(21)25(28)30-16-31-34)15-32-8-10-38(36,37)11-9-32/h3-7,12-14,16H,2,8-11,15H2,1H3,(H2,29,35)(H2,28,30,31). The van der Waals surface area contributed by atoms with Gasteiger partial charge in [-0.15, -0.1) is 0 Å². The van der Waals surface area contributed by atoms with Crippen LogP contribution in [0, 0.1) is 5.82 Å². The van der Waals surface area contributed by atoms with Gasteiger partial charge < -0.3 is 11.5 Å². The van der Waals surface area contributed by atoms with Crippen molar-refractivity contribution in [3.63, 3.8) is 0 Å². The molecule has 0 unspecified atom stereocenters. The molecule has 5 rings (SSSR count). The van der Waals surface area contributed by atoms with Crippen molar-refractivity contribution in [1.29, 1.82) is 0 Å². The van der Waals surface area contributed by atoms with Gasteiger partial charge in [0.2, 0.25) is 0 Å². The molecule has 198 valence electrons. The summed E-state index contributed by atoms with van der Waals surface area (Å²) in [5.41, 5.74) is 15.8. The molecule has 0 radical (unpaired) electrons. The highest BCUT2D eigenvalue weighted by atomic mass is 32.2. The van der Waals surface area contributed by atoms with E-state index in [4.69, 9.17) is 11.5 Å². The third-order valence-electron chi connectivity index (χ3n) is 6.78. The number of anilines is 3. The number of amides is 2. The quantitative estimate of drug-likeness (QED) is 0.385. The molecule has 10 nitrogen and oxygen atoms in total. The third kappa shape index (κ3) is 4.92. The highest BCUT2D eigenvalue weighted by molar-refractivity contribution is 7.91. The summed E-state index contributed by atoms with van der Waals surface area (Å²) in [4.78, 5) is 19.6. The Labute approximate surface area is 219 Å². The molecule has 0 aliphatic carbocycles. The molecule has 12 heteroatoms. The van der Waals surface area contributed by atoms with Crippen molar-refractivity contribution in [3.05, 3.63) is 71.9 Å². The minimum atomic E-state index is -3.01. The third-order valence-corrected chi connectivity index (χ3v) is 8.39. The van der Waals surface area contributed by atoms with Gasteiger partial charge in [-0.2, -0.15) is 5.10 Å². The van der Waals surface area contributed by atoms with E-state index in [0.29, 0.717) is 42.0 Å². The average Bonchev–Trinajstić information content (AvgIpc) is 3.26. The summed E-state index contributed by atoms with van der Waals surface area (Å²) in [7, 11) is -3.01. The van der Waals surface area contributed by atoms with E-state index in [-0.39, 0.29) is 23.0 Å². The summed E-state index contributed by atoms with van der Waals surface area (Å²) in [5, 5.41) is 4.35. The summed E-state index contributed by atoms with van der Waals surface area (Å²) >= 11 is 0. The van der Waals surface area contributed by atoms with Gasteiger partial charge in [0.05, 0.1) is 28.6 Å². The van der Waals surface area contributed by atoms with Gasteiger partial charge >= 0.3 is 6.03 Å². The number of hydrogen-bond donors (Lipinski definition) is 2. The SMILES string of the molecule is CCc1cccc(N(C(N)=O)c2ccc(-c3cc(CN4CCS(=O)(=O)CC4)n4ncnc(N)c34)cc2F)c1. The normalized spacial score (nSPS) is 15.5. The number of urea groups is 1. The van der Waals surface area contributed by atoms with Gasteiger partial charge in [0.15, 0.2) is 15.7 Å². The molecule has 2 amide bonds. The molecule has 1 aliphatic rings. The molecule has 1 aliphatic heterocycles. The number of sulfone groups is 1.